The third-order valence-corrected chi connectivity index (χ3v) is 4.43. The number of anilines is 1. The number of carbonyl (C=O) groups excluding carboxylic acids is 1. The van der Waals surface area contributed by atoms with Crippen molar-refractivity contribution in [3.63, 3.8) is 0 Å². The van der Waals surface area contributed by atoms with Gasteiger partial charge in [0.15, 0.2) is 0 Å². The minimum atomic E-state index is -0.198. The van der Waals surface area contributed by atoms with Gasteiger partial charge < -0.3 is 10.2 Å². The molecular formula is C18H19ClN2O. The molecule has 2 atom stereocenters. The van der Waals surface area contributed by atoms with Gasteiger partial charge >= 0.3 is 0 Å². The summed E-state index contributed by atoms with van der Waals surface area (Å²) < 4.78 is 0. The second-order valence-corrected chi connectivity index (χ2v) is 6.05. The molecule has 2 aromatic carbocycles. The molecule has 0 radical (unpaired) electrons. The zero-order valence-corrected chi connectivity index (χ0v) is 13.5. The van der Waals surface area contributed by atoms with Crippen LogP contribution in [-0.2, 0) is 0 Å². The van der Waals surface area contributed by atoms with E-state index in [1.54, 1.807) is 0 Å². The van der Waals surface area contributed by atoms with E-state index in [2.05, 4.69) is 19.2 Å². The molecular weight excluding hydrogens is 296 g/mol. The average Bonchev–Trinajstić information content (AvgIpc) is 2.54. The van der Waals surface area contributed by atoms with Gasteiger partial charge in [0.05, 0.1) is 5.56 Å². The standard InChI is InChI=1S/C18H19ClN2O/c1-3-12(2)21-17(13-7-6-8-14(19)11-13)20-16-10-5-4-9-15(16)18(21)22/h4-12,17,20H,3H2,1-2H3/t12-,17+/m0/s1. The number of benzene rings is 2. The average molecular weight is 315 g/mol. The van der Waals surface area contributed by atoms with Crippen molar-refractivity contribution in [2.24, 2.45) is 0 Å². The first-order valence-corrected chi connectivity index (χ1v) is 7.93. The molecule has 0 unspecified atom stereocenters. The largest absolute Gasteiger partial charge is 0.361 e. The van der Waals surface area contributed by atoms with Gasteiger partial charge in [-0.2, -0.15) is 0 Å². The van der Waals surface area contributed by atoms with Crippen LogP contribution >= 0.6 is 11.6 Å². The number of para-hydroxylation sites is 1. The molecule has 0 aliphatic carbocycles. The Morgan fingerprint density at radius 3 is 2.73 bits per heavy atom. The summed E-state index contributed by atoms with van der Waals surface area (Å²) >= 11 is 6.13. The molecule has 0 aromatic heterocycles. The van der Waals surface area contributed by atoms with E-state index in [1.807, 2.05) is 53.4 Å². The zero-order chi connectivity index (χ0) is 15.7. The van der Waals surface area contributed by atoms with E-state index in [1.165, 1.54) is 0 Å². The van der Waals surface area contributed by atoms with Gasteiger partial charge in [0.1, 0.15) is 6.17 Å². The van der Waals surface area contributed by atoms with Crippen LogP contribution in [0.25, 0.3) is 0 Å². The minimum Gasteiger partial charge on any atom is -0.361 e. The molecule has 0 bridgehead atoms. The van der Waals surface area contributed by atoms with E-state index < -0.39 is 0 Å². The molecule has 0 spiro atoms. The van der Waals surface area contributed by atoms with Crippen molar-refractivity contribution in [3.8, 4) is 0 Å². The molecule has 3 rings (SSSR count). The topological polar surface area (TPSA) is 32.3 Å². The van der Waals surface area contributed by atoms with Crippen molar-refractivity contribution < 1.29 is 4.79 Å². The molecule has 1 heterocycles. The summed E-state index contributed by atoms with van der Waals surface area (Å²) in [4.78, 5) is 14.8. The van der Waals surface area contributed by atoms with Crippen LogP contribution in [0.4, 0.5) is 5.69 Å². The van der Waals surface area contributed by atoms with Gasteiger partial charge in [0.25, 0.3) is 5.91 Å². The highest BCUT2D eigenvalue weighted by atomic mass is 35.5. The molecule has 4 heteroatoms. The van der Waals surface area contributed by atoms with Crippen LogP contribution in [0.15, 0.2) is 48.5 Å². The molecule has 114 valence electrons. The van der Waals surface area contributed by atoms with Crippen molar-refractivity contribution in [1.82, 2.24) is 4.90 Å². The van der Waals surface area contributed by atoms with Crippen molar-refractivity contribution in [2.45, 2.75) is 32.5 Å². The van der Waals surface area contributed by atoms with Gasteiger partial charge in [0, 0.05) is 16.8 Å². The van der Waals surface area contributed by atoms with Gasteiger partial charge in [-0.05, 0) is 43.2 Å². The monoisotopic (exact) mass is 314 g/mol. The van der Waals surface area contributed by atoms with Crippen molar-refractivity contribution in [1.29, 1.82) is 0 Å². The minimum absolute atomic E-state index is 0.0636. The number of hydrogen-bond donors (Lipinski definition) is 1. The summed E-state index contributed by atoms with van der Waals surface area (Å²) in [5, 5.41) is 4.16. The maximum absolute atomic E-state index is 12.9. The zero-order valence-electron chi connectivity index (χ0n) is 12.7. The Bertz CT molecular complexity index is 701. The fourth-order valence-electron chi connectivity index (χ4n) is 2.84. The lowest BCUT2D eigenvalue weighted by atomic mass is 10.0. The van der Waals surface area contributed by atoms with Crippen molar-refractivity contribution in [2.75, 3.05) is 5.32 Å². The highest BCUT2D eigenvalue weighted by molar-refractivity contribution is 6.30. The van der Waals surface area contributed by atoms with Crippen LogP contribution in [0, 0.1) is 0 Å². The molecule has 0 saturated carbocycles. The fourth-order valence-corrected chi connectivity index (χ4v) is 3.04. The molecule has 0 fully saturated rings. The fraction of sp³-hybridized carbons (Fsp3) is 0.278. The molecule has 2 aromatic rings. The van der Waals surface area contributed by atoms with Gasteiger partial charge in [-0.15, -0.1) is 0 Å². The first-order valence-electron chi connectivity index (χ1n) is 7.55. The van der Waals surface area contributed by atoms with Crippen LogP contribution < -0.4 is 5.32 Å². The number of halogens is 1. The lowest BCUT2D eigenvalue weighted by molar-refractivity contribution is 0.0593. The molecule has 1 N–H and O–H groups in total. The maximum atomic E-state index is 12.9. The Kier molecular flexibility index (Phi) is 4.08. The lowest BCUT2D eigenvalue weighted by Crippen LogP contribution is -2.47. The van der Waals surface area contributed by atoms with Crippen molar-refractivity contribution >= 4 is 23.2 Å². The maximum Gasteiger partial charge on any atom is 0.258 e. The molecule has 3 nitrogen and oxygen atoms in total. The third-order valence-electron chi connectivity index (χ3n) is 4.19. The molecule has 22 heavy (non-hydrogen) atoms. The van der Waals surface area contributed by atoms with Crippen LogP contribution in [0.1, 0.15) is 42.4 Å². The number of nitrogens with one attached hydrogen (secondary N) is 1. The lowest BCUT2D eigenvalue weighted by Gasteiger charge is -2.41. The Morgan fingerprint density at radius 1 is 1.23 bits per heavy atom. The molecule has 0 saturated heterocycles. The Labute approximate surface area is 135 Å². The Hall–Kier alpha value is -2.00. The van der Waals surface area contributed by atoms with Crippen LogP contribution in [0.2, 0.25) is 5.02 Å². The number of amides is 1. The summed E-state index contributed by atoms with van der Waals surface area (Å²) in [5.41, 5.74) is 2.59. The summed E-state index contributed by atoms with van der Waals surface area (Å²) in [6, 6.07) is 15.5. The highest BCUT2D eigenvalue weighted by Gasteiger charge is 2.35. The van der Waals surface area contributed by atoms with Crippen LogP contribution in [-0.4, -0.2) is 16.8 Å². The SMILES string of the molecule is CC[C@H](C)N1C(=O)c2ccccc2N[C@H]1c1cccc(Cl)c1. The van der Waals surface area contributed by atoms with E-state index in [9.17, 15) is 4.79 Å². The second-order valence-electron chi connectivity index (χ2n) is 5.62. The number of hydrogen-bond acceptors (Lipinski definition) is 2. The van der Waals surface area contributed by atoms with E-state index in [0.29, 0.717) is 5.02 Å². The predicted octanol–water partition coefficient (Wildman–Crippen LogP) is 4.71. The van der Waals surface area contributed by atoms with E-state index >= 15 is 0 Å². The molecule has 1 aliphatic heterocycles. The smallest absolute Gasteiger partial charge is 0.258 e. The predicted molar refractivity (Wildman–Crippen MR) is 90.2 cm³/mol. The first kappa shape index (κ1) is 14.9. The van der Waals surface area contributed by atoms with E-state index in [-0.39, 0.29) is 18.1 Å². The second kappa shape index (κ2) is 6.01. The van der Waals surface area contributed by atoms with E-state index in [4.69, 9.17) is 11.6 Å². The highest BCUT2D eigenvalue weighted by Crippen LogP contribution is 2.35. The van der Waals surface area contributed by atoms with Crippen molar-refractivity contribution in [3.05, 3.63) is 64.7 Å². The summed E-state index contributed by atoms with van der Waals surface area (Å²) in [5.74, 6) is 0.0636. The van der Waals surface area contributed by atoms with Gasteiger partial charge in [-0.3, -0.25) is 4.79 Å². The quantitative estimate of drug-likeness (QED) is 0.890. The van der Waals surface area contributed by atoms with Gasteiger partial charge in [0.2, 0.25) is 0 Å². The van der Waals surface area contributed by atoms with Crippen LogP contribution in [0.3, 0.4) is 0 Å². The summed E-state index contributed by atoms with van der Waals surface area (Å²) in [6.45, 7) is 4.17. The normalized spacial score (nSPS) is 18.6. The first-order chi connectivity index (χ1) is 10.6. The summed E-state index contributed by atoms with van der Waals surface area (Å²) in [6.07, 6.45) is 0.697. The number of fused-ring (bicyclic) bond motifs is 1. The van der Waals surface area contributed by atoms with Crippen LogP contribution in [0.5, 0.6) is 0 Å². The van der Waals surface area contributed by atoms with Gasteiger partial charge in [-0.1, -0.05) is 42.8 Å². The molecule has 1 amide bonds. The summed E-state index contributed by atoms with van der Waals surface area (Å²) in [7, 11) is 0. The molecule has 1 aliphatic rings. The Balaban J connectivity index is 2.09. The van der Waals surface area contributed by atoms with E-state index in [0.717, 1.165) is 23.2 Å². The number of nitrogens with zero attached hydrogens (tertiary/aromatic N) is 1. The third kappa shape index (κ3) is 2.57. The number of rotatable bonds is 3. The number of carbonyl (C=O) groups is 1. The van der Waals surface area contributed by atoms with Gasteiger partial charge in [-0.25, -0.2) is 0 Å². The Morgan fingerprint density at radius 2 is 2.00 bits per heavy atom.